The Kier molecular flexibility index (Phi) is 9.70. The van der Waals surface area contributed by atoms with Gasteiger partial charge in [-0.05, 0) is 97.6 Å². The lowest BCUT2D eigenvalue weighted by atomic mass is 9.79. The van der Waals surface area contributed by atoms with Gasteiger partial charge in [-0.15, -0.1) is 0 Å². The van der Waals surface area contributed by atoms with Crippen LogP contribution < -0.4 is 5.32 Å². The zero-order chi connectivity index (χ0) is 29.8. The molecule has 3 aromatic rings. The van der Waals surface area contributed by atoms with Crippen molar-refractivity contribution in [3.05, 3.63) is 93.3 Å². The Labute approximate surface area is 266 Å². The van der Waals surface area contributed by atoms with Gasteiger partial charge in [0.05, 0.1) is 13.1 Å². The Morgan fingerprint density at radius 1 is 0.860 bits per heavy atom. The molecule has 5 nitrogen and oxygen atoms in total. The molecule has 2 fully saturated rings. The quantitative estimate of drug-likeness (QED) is 0.222. The van der Waals surface area contributed by atoms with Crippen molar-refractivity contribution in [1.29, 1.82) is 0 Å². The van der Waals surface area contributed by atoms with Crippen LogP contribution in [0.2, 0.25) is 10.0 Å². The topological polar surface area (TPSA) is 39.9 Å². The first-order valence-electron chi connectivity index (χ1n) is 15.8. The first kappa shape index (κ1) is 30.2. The average molecular weight is 616 g/mol. The van der Waals surface area contributed by atoms with Gasteiger partial charge < -0.3 is 10.2 Å². The van der Waals surface area contributed by atoms with Crippen LogP contribution in [-0.2, 0) is 11.2 Å². The Bertz CT molecular complexity index is 1460. The van der Waals surface area contributed by atoms with Crippen molar-refractivity contribution in [2.45, 2.75) is 69.9 Å². The van der Waals surface area contributed by atoms with Crippen LogP contribution in [-0.4, -0.2) is 47.9 Å². The van der Waals surface area contributed by atoms with Crippen LogP contribution in [0.15, 0.2) is 60.7 Å². The molecule has 1 aliphatic carbocycles. The standard InChI is InChI=1S/C36H40Cl2N4O/c1-39-31-8-6-7-26(20-31)27-11-12-34-28(19-27)15-18-42(24-35(43)40-32-22-29(37)21-30(38)23-32)36(34)25-13-16-41(17-14-25)33-9-4-2-3-5-10-33/h6-8,11-12,19-23,25,33,36H,2-5,9-10,13-18,24H2,(H,40,43). The van der Waals surface area contributed by atoms with Gasteiger partial charge in [0, 0.05) is 34.4 Å². The highest BCUT2D eigenvalue weighted by molar-refractivity contribution is 6.35. The molecule has 43 heavy (non-hydrogen) atoms. The Morgan fingerprint density at radius 3 is 2.30 bits per heavy atom. The molecule has 7 heteroatoms. The molecule has 0 bridgehead atoms. The SMILES string of the molecule is [C-]#[N+]c1cccc(-c2ccc3c(c2)CCN(CC(=O)Nc2cc(Cl)cc(Cl)c2)C3C2CCN(C3CCCCCC3)CC2)c1. The molecule has 0 aromatic heterocycles. The number of rotatable bonds is 6. The largest absolute Gasteiger partial charge is 0.325 e. The number of likely N-dealkylation sites (tertiary alicyclic amines) is 1. The average Bonchev–Trinajstić information content (AvgIpc) is 3.30. The van der Waals surface area contributed by atoms with E-state index in [0.717, 1.165) is 56.1 Å². The van der Waals surface area contributed by atoms with Crippen molar-refractivity contribution < 1.29 is 4.79 Å². The van der Waals surface area contributed by atoms with E-state index < -0.39 is 0 Å². The molecule has 0 spiro atoms. The van der Waals surface area contributed by atoms with E-state index in [1.165, 1.54) is 49.7 Å². The minimum Gasteiger partial charge on any atom is -0.325 e. The number of hydrogen-bond donors (Lipinski definition) is 1. The lowest BCUT2D eigenvalue weighted by Crippen LogP contribution is -2.48. The van der Waals surface area contributed by atoms with E-state index in [2.05, 4.69) is 44.2 Å². The summed E-state index contributed by atoms with van der Waals surface area (Å²) in [4.78, 5) is 22.1. The van der Waals surface area contributed by atoms with Gasteiger partial charge in [0.25, 0.3) is 0 Å². The third-order valence-electron chi connectivity index (χ3n) is 9.69. The number of piperidine rings is 1. The summed E-state index contributed by atoms with van der Waals surface area (Å²) in [5.74, 6) is 0.445. The monoisotopic (exact) mass is 614 g/mol. The number of nitrogens with zero attached hydrogens (tertiary/aromatic N) is 3. The summed E-state index contributed by atoms with van der Waals surface area (Å²) in [6.07, 6.45) is 11.4. The van der Waals surface area contributed by atoms with Crippen molar-refractivity contribution in [3.8, 4) is 11.1 Å². The fourth-order valence-electron chi connectivity index (χ4n) is 7.61. The number of carbonyl (C=O) groups excluding carboxylic acids is 1. The summed E-state index contributed by atoms with van der Waals surface area (Å²) in [7, 11) is 0. The van der Waals surface area contributed by atoms with Gasteiger partial charge in [-0.1, -0.05) is 85.3 Å². The van der Waals surface area contributed by atoms with E-state index in [4.69, 9.17) is 29.8 Å². The second-order valence-electron chi connectivity index (χ2n) is 12.5. The predicted molar refractivity (Wildman–Crippen MR) is 177 cm³/mol. The number of hydrogen-bond acceptors (Lipinski definition) is 3. The second-order valence-corrected chi connectivity index (χ2v) is 13.3. The smallest absolute Gasteiger partial charge is 0.238 e. The predicted octanol–water partition coefficient (Wildman–Crippen LogP) is 9.18. The summed E-state index contributed by atoms with van der Waals surface area (Å²) in [6.45, 7) is 10.9. The maximum Gasteiger partial charge on any atom is 0.238 e. The number of benzene rings is 3. The van der Waals surface area contributed by atoms with Gasteiger partial charge in [0.15, 0.2) is 5.69 Å². The molecule has 6 rings (SSSR count). The molecule has 2 heterocycles. The van der Waals surface area contributed by atoms with E-state index in [-0.39, 0.29) is 11.9 Å². The van der Waals surface area contributed by atoms with E-state index in [0.29, 0.717) is 33.9 Å². The summed E-state index contributed by atoms with van der Waals surface area (Å²) < 4.78 is 0. The van der Waals surface area contributed by atoms with Crippen molar-refractivity contribution in [3.63, 3.8) is 0 Å². The Morgan fingerprint density at radius 2 is 1.58 bits per heavy atom. The molecule has 0 radical (unpaired) electrons. The number of nitrogens with one attached hydrogen (secondary N) is 1. The molecular formula is C36H40Cl2N4O. The second kappa shape index (κ2) is 13.8. The van der Waals surface area contributed by atoms with Crippen LogP contribution in [0.3, 0.4) is 0 Å². The molecule has 2 aliphatic heterocycles. The fourth-order valence-corrected chi connectivity index (χ4v) is 8.13. The van der Waals surface area contributed by atoms with Crippen LogP contribution in [0.1, 0.15) is 68.5 Å². The maximum atomic E-state index is 13.4. The molecule has 1 saturated carbocycles. The Hall–Kier alpha value is -2.88. The number of carbonyl (C=O) groups is 1. The summed E-state index contributed by atoms with van der Waals surface area (Å²) in [5.41, 5.74) is 6.22. The minimum atomic E-state index is -0.0461. The van der Waals surface area contributed by atoms with Gasteiger partial charge in [0.2, 0.25) is 5.91 Å². The highest BCUT2D eigenvalue weighted by Gasteiger charge is 2.37. The summed E-state index contributed by atoms with van der Waals surface area (Å²) in [6, 6.07) is 20.7. The third kappa shape index (κ3) is 7.27. The molecule has 1 saturated heterocycles. The van der Waals surface area contributed by atoms with Gasteiger partial charge in [0.1, 0.15) is 0 Å². The number of amides is 1. The number of halogens is 2. The zero-order valence-corrected chi connectivity index (χ0v) is 26.2. The Balaban J connectivity index is 1.24. The van der Waals surface area contributed by atoms with Crippen LogP contribution >= 0.6 is 23.2 Å². The molecule has 1 atom stereocenters. The molecule has 3 aliphatic rings. The van der Waals surface area contributed by atoms with Crippen molar-refractivity contribution >= 4 is 40.5 Å². The van der Waals surface area contributed by atoms with Crippen molar-refractivity contribution in [2.75, 3.05) is 31.5 Å². The highest BCUT2D eigenvalue weighted by Crippen LogP contribution is 2.42. The van der Waals surface area contributed by atoms with Gasteiger partial charge >= 0.3 is 0 Å². The van der Waals surface area contributed by atoms with Crippen molar-refractivity contribution in [1.82, 2.24) is 9.80 Å². The summed E-state index contributed by atoms with van der Waals surface area (Å²) in [5, 5.41) is 4.04. The molecule has 3 aromatic carbocycles. The highest BCUT2D eigenvalue weighted by atomic mass is 35.5. The van der Waals surface area contributed by atoms with Crippen LogP contribution in [0.4, 0.5) is 11.4 Å². The number of anilines is 1. The van der Waals surface area contributed by atoms with E-state index in [1.54, 1.807) is 18.2 Å². The number of fused-ring (bicyclic) bond motifs is 1. The van der Waals surface area contributed by atoms with E-state index in [9.17, 15) is 4.79 Å². The van der Waals surface area contributed by atoms with E-state index >= 15 is 0 Å². The maximum absolute atomic E-state index is 13.4. The van der Waals surface area contributed by atoms with E-state index in [1.807, 2.05) is 18.2 Å². The fraction of sp³-hybridized carbons (Fsp3) is 0.444. The first-order chi connectivity index (χ1) is 21.0. The molecule has 1 amide bonds. The van der Waals surface area contributed by atoms with Gasteiger partial charge in [-0.25, -0.2) is 4.85 Å². The van der Waals surface area contributed by atoms with Crippen molar-refractivity contribution in [2.24, 2.45) is 5.92 Å². The van der Waals surface area contributed by atoms with Crippen LogP contribution in [0.5, 0.6) is 0 Å². The molecule has 1 N–H and O–H groups in total. The van der Waals surface area contributed by atoms with Gasteiger partial charge in [-0.3, -0.25) is 9.69 Å². The lowest BCUT2D eigenvalue weighted by Gasteiger charge is -2.45. The van der Waals surface area contributed by atoms with Gasteiger partial charge in [-0.2, -0.15) is 0 Å². The normalized spacial score (nSPS) is 20.6. The van der Waals surface area contributed by atoms with Crippen LogP contribution in [0.25, 0.3) is 16.0 Å². The first-order valence-corrected chi connectivity index (χ1v) is 16.6. The molecule has 224 valence electrons. The third-order valence-corrected chi connectivity index (χ3v) is 10.1. The zero-order valence-electron chi connectivity index (χ0n) is 24.7. The lowest BCUT2D eigenvalue weighted by molar-refractivity contribution is -0.118. The molecule has 1 unspecified atom stereocenters. The van der Waals surface area contributed by atoms with Crippen LogP contribution in [0, 0.1) is 12.5 Å². The molecular weight excluding hydrogens is 575 g/mol. The minimum absolute atomic E-state index is 0.0461. The summed E-state index contributed by atoms with van der Waals surface area (Å²) >= 11 is 12.4.